The summed E-state index contributed by atoms with van der Waals surface area (Å²) in [5.41, 5.74) is 1.30. The Bertz CT molecular complexity index is 1020. The van der Waals surface area contributed by atoms with Crippen LogP contribution in [0.2, 0.25) is 0 Å². The lowest BCUT2D eigenvalue weighted by Crippen LogP contribution is -2.51. The third kappa shape index (κ3) is 4.07. The fourth-order valence-electron chi connectivity index (χ4n) is 4.43. The van der Waals surface area contributed by atoms with Crippen molar-refractivity contribution in [1.82, 2.24) is 0 Å². The molecule has 0 aliphatic carbocycles. The second kappa shape index (κ2) is 7.62. The number of rotatable bonds is 5. The molecule has 0 atom stereocenters. The van der Waals surface area contributed by atoms with Crippen LogP contribution >= 0.6 is 11.3 Å². The number of methoxy groups -OCH3 is 1. The van der Waals surface area contributed by atoms with E-state index < -0.39 is 17.2 Å². The van der Waals surface area contributed by atoms with E-state index in [9.17, 15) is 14.7 Å². The predicted molar refractivity (Wildman–Crippen MR) is 121 cm³/mol. The molecular formula is C23H28N2O5S. The first-order valence-electron chi connectivity index (χ1n) is 10.3. The Kier molecular flexibility index (Phi) is 5.36. The van der Waals surface area contributed by atoms with Crippen molar-refractivity contribution in [3.8, 4) is 0 Å². The van der Waals surface area contributed by atoms with Gasteiger partial charge in [0, 0.05) is 42.7 Å². The van der Waals surface area contributed by atoms with Crippen LogP contribution in [0.1, 0.15) is 58.9 Å². The van der Waals surface area contributed by atoms with Crippen LogP contribution in [0.5, 0.6) is 0 Å². The van der Waals surface area contributed by atoms with Gasteiger partial charge >= 0.3 is 5.97 Å². The lowest BCUT2D eigenvalue weighted by molar-refractivity contribution is -0.135. The minimum Gasteiger partial charge on any atom is -0.478 e. The van der Waals surface area contributed by atoms with E-state index >= 15 is 0 Å². The van der Waals surface area contributed by atoms with Gasteiger partial charge < -0.3 is 24.8 Å². The molecule has 166 valence electrons. The molecule has 0 unspecified atom stereocenters. The highest BCUT2D eigenvalue weighted by Gasteiger charge is 2.43. The van der Waals surface area contributed by atoms with Gasteiger partial charge in [0.15, 0.2) is 0 Å². The molecule has 0 spiro atoms. The summed E-state index contributed by atoms with van der Waals surface area (Å²) >= 11 is 1.28. The highest BCUT2D eigenvalue weighted by atomic mass is 32.1. The third-order valence-electron chi connectivity index (χ3n) is 5.80. The van der Waals surface area contributed by atoms with Crippen molar-refractivity contribution >= 4 is 33.9 Å². The summed E-state index contributed by atoms with van der Waals surface area (Å²) in [6, 6.07) is 7.32. The van der Waals surface area contributed by atoms with E-state index in [2.05, 4.69) is 10.2 Å². The molecule has 0 saturated carbocycles. The van der Waals surface area contributed by atoms with Crippen LogP contribution in [-0.4, -0.2) is 48.9 Å². The van der Waals surface area contributed by atoms with Crippen LogP contribution in [0, 0.1) is 0 Å². The number of benzene rings is 1. The Hall–Kier alpha value is -2.42. The minimum atomic E-state index is -1.04. The van der Waals surface area contributed by atoms with Gasteiger partial charge in [-0.15, -0.1) is 11.3 Å². The molecular weight excluding hydrogens is 416 g/mol. The summed E-state index contributed by atoms with van der Waals surface area (Å²) in [7, 11) is 1.71. The minimum absolute atomic E-state index is 0.167. The smallest absolute Gasteiger partial charge is 0.339 e. The van der Waals surface area contributed by atoms with Crippen LogP contribution in [0.25, 0.3) is 0 Å². The molecule has 1 aromatic carbocycles. The van der Waals surface area contributed by atoms with Crippen molar-refractivity contribution in [1.29, 1.82) is 0 Å². The quantitative estimate of drug-likeness (QED) is 0.721. The van der Waals surface area contributed by atoms with E-state index in [1.54, 1.807) is 19.2 Å². The number of hydrogen-bond donors (Lipinski definition) is 2. The molecule has 1 saturated heterocycles. The average Bonchev–Trinajstić information content (AvgIpc) is 2.98. The number of carbonyl (C=O) groups excluding carboxylic acids is 1. The van der Waals surface area contributed by atoms with Gasteiger partial charge in [-0.1, -0.05) is 0 Å². The van der Waals surface area contributed by atoms with Gasteiger partial charge in [-0.2, -0.15) is 0 Å². The molecule has 0 radical (unpaired) electrons. The fourth-order valence-corrected chi connectivity index (χ4v) is 5.68. The van der Waals surface area contributed by atoms with Crippen LogP contribution in [0.4, 0.5) is 10.7 Å². The largest absolute Gasteiger partial charge is 0.478 e. The van der Waals surface area contributed by atoms with Crippen molar-refractivity contribution < 1.29 is 24.2 Å². The number of aromatic carboxylic acids is 1. The SMILES string of the molecule is COC1CN(c2ccc(C(=O)Nc3sc4c(c3C(=O)O)CC(C)(C)OC4(C)C)cc2)C1. The van der Waals surface area contributed by atoms with Gasteiger partial charge in [0.05, 0.1) is 22.9 Å². The molecule has 1 fully saturated rings. The molecule has 2 aliphatic heterocycles. The molecule has 8 heteroatoms. The van der Waals surface area contributed by atoms with E-state index in [4.69, 9.17) is 9.47 Å². The third-order valence-corrected chi connectivity index (χ3v) is 7.26. The molecule has 1 aromatic heterocycles. The molecule has 7 nitrogen and oxygen atoms in total. The second-order valence-corrected chi connectivity index (χ2v) is 10.3. The Morgan fingerprint density at radius 3 is 2.42 bits per heavy atom. The first-order chi connectivity index (χ1) is 14.5. The fraction of sp³-hybridized carbons (Fsp3) is 0.478. The van der Waals surface area contributed by atoms with E-state index in [-0.39, 0.29) is 17.6 Å². The Labute approximate surface area is 186 Å². The second-order valence-electron chi connectivity index (χ2n) is 9.23. The molecule has 1 amide bonds. The number of nitrogens with zero attached hydrogens (tertiary/aromatic N) is 1. The number of nitrogens with one attached hydrogen (secondary N) is 1. The van der Waals surface area contributed by atoms with Crippen LogP contribution < -0.4 is 10.2 Å². The van der Waals surface area contributed by atoms with Gasteiger partial charge in [0.2, 0.25) is 0 Å². The summed E-state index contributed by atoms with van der Waals surface area (Å²) in [6.45, 7) is 9.44. The lowest BCUT2D eigenvalue weighted by atomic mass is 9.86. The number of carboxylic acids is 1. The van der Waals surface area contributed by atoms with Gasteiger partial charge in [-0.3, -0.25) is 4.79 Å². The van der Waals surface area contributed by atoms with Gasteiger partial charge in [-0.25, -0.2) is 4.79 Å². The maximum atomic E-state index is 12.9. The number of amides is 1. The number of carboxylic acid groups (broad SMARTS) is 1. The maximum absolute atomic E-state index is 12.9. The van der Waals surface area contributed by atoms with E-state index in [0.29, 0.717) is 17.0 Å². The zero-order valence-corrected chi connectivity index (χ0v) is 19.3. The average molecular weight is 445 g/mol. The number of anilines is 2. The lowest BCUT2D eigenvalue weighted by Gasteiger charge is -2.41. The number of fused-ring (bicyclic) bond motifs is 1. The molecule has 3 heterocycles. The number of thiophene rings is 1. The van der Waals surface area contributed by atoms with Crippen molar-refractivity contribution in [2.75, 3.05) is 30.4 Å². The molecule has 4 rings (SSSR count). The van der Waals surface area contributed by atoms with Gasteiger partial charge in [-0.05, 0) is 57.5 Å². The van der Waals surface area contributed by atoms with E-state index in [1.807, 2.05) is 39.8 Å². The van der Waals surface area contributed by atoms with Crippen molar-refractivity contribution in [2.45, 2.75) is 51.4 Å². The monoisotopic (exact) mass is 444 g/mol. The van der Waals surface area contributed by atoms with E-state index in [0.717, 1.165) is 29.2 Å². The van der Waals surface area contributed by atoms with Gasteiger partial charge in [0.1, 0.15) is 5.00 Å². The van der Waals surface area contributed by atoms with Crippen molar-refractivity contribution in [3.63, 3.8) is 0 Å². The van der Waals surface area contributed by atoms with E-state index in [1.165, 1.54) is 11.3 Å². The number of ether oxygens (including phenoxy) is 2. The predicted octanol–water partition coefficient (Wildman–Crippen LogP) is 4.12. The van der Waals surface area contributed by atoms with Crippen LogP contribution in [-0.2, 0) is 21.5 Å². The van der Waals surface area contributed by atoms with Crippen LogP contribution in [0.15, 0.2) is 24.3 Å². The van der Waals surface area contributed by atoms with Crippen molar-refractivity contribution in [2.24, 2.45) is 0 Å². The Balaban J connectivity index is 1.58. The standard InChI is InChI=1S/C23H28N2O5S/c1-22(2)10-16-17(21(27)28)20(31-18(16)23(3,4)30-22)24-19(26)13-6-8-14(9-7-13)25-11-15(12-25)29-5/h6-9,15H,10-12H2,1-5H3,(H,24,26)(H,27,28). The summed E-state index contributed by atoms with van der Waals surface area (Å²) in [4.78, 5) is 28.0. The van der Waals surface area contributed by atoms with Crippen LogP contribution in [0.3, 0.4) is 0 Å². The topological polar surface area (TPSA) is 88.1 Å². The Morgan fingerprint density at radius 1 is 1.19 bits per heavy atom. The molecule has 2 N–H and O–H groups in total. The highest BCUT2D eigenvalue weighted by molar-refractivity contribution is 7.17. The Morgan fingerprint density at radius 2 is 1.84 bits per heavy atom. The molecule has 0 bridgehead atoms. The molecule has 2 aliphatic rings. The summed E-state index contributed by atoms with van der Waals surface area (Å²) in [6.07, 6.45) is 0.729. The zero-order valence-electron chi connectivity index (χ0n) is 18.4. The normalized spacial score (nSPS) is 19.5. The number of hydrogen-bond acceptors (Lipinski definition) is 6. The maximum Gasteiger partial charge on any atom is 0.339 e. The van der Waals surface area contributed by atoms with Crippen molar-refractivity contribution in [3.05, 3.63) is 45.8 Å². The highest BCUT2D eigenvalue weighted by Crippen LogP contribution is 2.48. The first kappa shape index (κ1) is 21.8. The number of carbonyl (C=O) groups is 2. The summed E-state index contributed by atoms with van der Waals surface area (Å²) < 4.78 is 11.5. The zero-order chi connectivity index (χ0) is 22.6. The molecule has 2 aromatic rings. The summed E-state index contributed by atoms with van der Waals surface area (Å²) in [5.74, 6) is -1.37. The summed E-state index contributed by atoms with van der Waals surface area (Å²) in [5, 5.41) is 13.1. The first-order valence-corrected chi connectivity index (χ1v) is 11.1. The molecule has 31 heavy (non-hydrogen) atoms. The van der Waals surface area contributed by atoms with Gasteiger partial charge in [0.25, 0.3) is 5.91 Å².